The second-order valence-corrected chi connectivity index (χ2v) is 7.54. The summed E-state index contributed by atoms with van der Waals surface area (Å²) in [5.74, 6) is 0.727. The van der Waals surface area contributed by atoms with Crippen LogP contribution in [-0.2, 0) is 6.54 Å². The Hall–Kier alpha value is -2.14. The standard InChI is InChI=1S/C20H20BrN3O/c21-17-7-5-16(6-8-17)20(25)23-11-9-15(10-12-23)13-24-14-22-18-3-1-2-4-19(18)24/h1-8,14-15H,9-13H2. The number of piperidine rings is 1. The van der Waals surface area contributed by atoms with Crippen LogP contribution in [0.5, 0.6) is 0 Å². The molecule has 0 bridgehead atoms. The number of halogens is 1. The molecular formula is C20H20BrN3O. The predicted octanol–water partition coefficient (Wildman–Crippen LogP) is 4.35. The van der Waals surface area contributed by atoms with Gasteiger partial charge in [-0.1, -0.05) is 28.1 Å². The van der Waals surface area contributed by atoms with Crippen LogP contribution in [0.15, 0.2) is 59.3 Å². The molecule has 0 N–H and O–H groups in total. The van der Waals surface area contributed by atoms with Crippen LogP contribution in [0.3, 0.4) is 0 Å². The number of nitrogens with zero attached hydrogens (tertiary/aromatic N) is 3. The maximum Gasteiger partial charge on any atom is 0.253 e. The molecule has 1 saturated heterocycles. The van der Waals surface area contributed by atoms with Crippen molar-refractivity contribution in [3.05, 3.63) is 64.9 Å². The fraction of sp³-hybridized carbons (Fsp3) is 0.300. The summed E-state index contributed by atoms with van der Waals surface area (Å²) in [5, 5.41) is 0. The highest BCUT2D eigenvalue weighted by molar-refractivity contribution is 9.10. The van der Waals surface area contributed by atoms with Crippen molar-refractivity contribution >= 4 is 32.9 Å². The lowest BCUT2D eigenvalue weighted by Crippen LogP contribution is -2.39. The fourth-order valence-corrected chi connectivity index (χ4v) is 3.79. The van der Waals surface area contributed by atoms with E-state index in [1.165, 1.54) is 5.52 Å². The molecule has 25 heavy (non-hydrogen) atoms. The Labute approximate surface area is 155 Å². The van der Waals surface area contributed by atoms with Crippen molar-refractivity contribution in [1.82, 2.24) is 14.5 Å². The number of hydrogen-bond acceptors (Lipinski definition) is 2. The van der Waals surface area contributed by atoms with Gasteiger partial charge in [-0.15, -0.1) is 0 Å². The largest absolute Gasteiger partial charge is 0.339 e. The third-order valence-electron chi connectivity index (χ3n) is 4.98. The first-order valence-electron chi connectivity index (χ1n) is 8.65. The average Bonchev–Trinajstić information content (AvgIpc) is 3.06. The number of benzene rings is 2. The fourth-order valence-electron chi connectivity index (χ4n) is 3.53. The van der Waals surface area contributed by atoms with Gasteiger partial charge in [0.1, 0.15) is 0 Å². The number of amides is 1. The van der Waals surface area contributed by atoms with Gasteiger partial charge in [-0.3, -0.25) is 4.79 Å². The summed E-state index contributed by atoms with van der Waals surface area (Å²) in [6.45, 7) is 2.62. The van der Waals surface area contributed by atoms with Crippen molar-refractivity contribution in [1.29, 1.82) is 0 Å². The number of likely N-dealkylation sites (tertiary alicyclic amines) is 1. The second-order valence-electron chi connectivity index (χ2n) is 6.63. The van der Waals surface area contributed by atoms with Crippen molar-refractivity contribution in [2.24, 2.45) is 5.92 Å². The predicted molar refractivity (Wildman–Crippen MR) is 103 cm³/mol. The minimum atomic E-state index is 0.138. The van der Waals surface area contributed by atoms with E-state index in [0.717, 1.165) is 48.0 Å². The third-order valence-corrected chi connectivity index (χ3v) is 5.50. The molecule has 2 heterocycles. The van der Waals surface area contributed by atoms with Crippen molar-refractivity contribution in [3.63, 3.8) is 0 Å². The van der Waals surface area contributed by atoms with Crippen LogP contribution in [0.2, 0.25) is 0 Å². The van der Waals surface area contributed by atoms with Gasteiger partial charge in [0.25, 0.3) is 5.91 Å². The van der Waals surface area contributed by atoms with Crippen LogP contribution in [0.4, 0.5) is 0 Å². The van der Waals surface area contributed by atoms with E-state index in [2.05, 4.69) is 37.6 Å². The minimum Gasteiger partial charge on any atom is -0.339 e. The Morgan fingerprint density at radius 1 is 1.08 bits per heavy atom. The van der Waals surface area contributed by atoms with Crippen LogP contribution in [-0.4, -0.2) is 33.4 Å². The summed E-state index contributed by atoms with van der Waals surface area (Å²) < 4.78 is 3.24. The zero-order chi connectivity index (χ0) is 17.2. The average molecular weight is 398 g/mol. The number of imidazole rings is 1. The summed E-state index contributed by atoms with van der Waals surface area (Å²) in [7, 11) is 0. The molecule has 0 atom stereocenters. The van der Waals surface area contributed by atoms with E-state index in [9.17, 15) is 4.79 Å². The minimum absolute atomic E-state index is 0.138. The van der Waals surface area contributed by atoms with Crippen LogP contribution in [0.25, 0.3) is 11.0 Å². The van der Waals surface area contributed by atoms with E-state index in [1.54, 1.807) is 0 Å². The van der Waals surface area contributed by atoms with E-state index in [-0.39, 0.29) is 5.91 Å². The molecule has 0 aliphatic carbocycles. The molecule has 0 saturated carbocycles. The Morgan fingerprint density at radius 2 is 1.80 bits per heavy atom. The quantitative estimate of drug-likeness (QED) is 0.658. The van der Waals surface area contributed by atoms with Gasteiger partial charge >= 0.3 is 0 Å². The maximum atomic E-state index is 12.6. The molecule has 5 heteroatoms. The molecule has 1 aromatic heterocycles. The highest BCUT2D eigenvalue weighted by atomic mass is 79.9. The summed E-state index contributed by atoms with van der Waals surface area (Å²) in [4.78, 5) is 19.1. The van der Waals surface area contributed by atoms with E-state index in [0.29, 0.717) is 5.92 Å². The van der Waals surface area contributed by atoms with Crippen LogP contribution >= 0.6 is 15.9 Å². The lowest BCUT2D eigenvalue weighted by atomic mass is 9.96. The van der Waals surface area contributed by atoms with Gasteiger partial charge in [0.05, 0.1) is 17.4 Å². The smallest absolute Gasteiger partial charge is 0.253 e. The molecule has 128 valence electrons. The Morgan fingerprint density at radius 3 is 2.56 bits per heavy atom. The number of rotatable bonds is 3. The second kappa shape index (κ2) is 7.00. The van der Waals surface area contributed by atoms with Gasteiger partial charge < -0.3 is 9.47 Å². The molecule has 4 rings (SSSR count). The number of carbonyl (C=O) groups is 1. The molecule has 4 nitrogen and oxygen atoms in total. The van der Waals surface area contributed by atoms with Gasteiger partial charge in [-0.2, -0.15) is 0 Å². The Balaban J connectivity index is 1.38. The van der Waals surface area contributed by atoms with Crippen molar-refractivity contribution < 1.29 is 4.79 Å². The summed E-state index contributed by atoms with van der Waals surface area (Å²) in [6, 6.07) is 15.9. The summed E-state index contributed by atoms with van der Waals surface area (Å²) >= 11 is 3.41. The molecule has 0 unspecified atom stereocenters. The van der Waals surface area contributed by atoms with Crippen molar-refractivity contribution in [2.45, 2.75) is 19.4 Å². The zero-order valence-corrected chi connectivity index (χ0v) is 15.5. The highest BCUT2D eigenvalue weighted by Crippen LogP contribution is 2.23. The van der Waals surface area contributed by atoms with Gasteiger partial charge in [0.15, 0.2) is 0 Å². The number of carbonyl (C=O) groups excluding carboxylic acids is 1. The van der Waals surface area contributed by atoms with Gasteiger partial charge in [0, 0.05) is 29.7 Å². The van der Waals surface area contributed by atoms with Crippen molar-refractivity contribution in [3.8, 4) is 0 Å². The highest BCUT2D eigenvalue weighted by Gasteiger charge is 2.24. The first-order valence-corrected chi connectivity index (χ1v) is 9.45. The van der Waals surface area contributed by atoms with Crippen LogP contribution in [0, 0.1) is 5.92 Å². The first-order chi connectivity index (χ1) is 12.2. The van der Waals surface area contributed by atoms with Gasteiger partial charge in [-0.25, -0.2) is 4.98 Å². The molecule has 0 spiro atoms. The third kappa shape index (κ3) is 3.47. The maximum absolute atomic E-state index is 12.6. The van der Waals surface area contributed by atoms with Crippen molar-refractivity contribution in [2.75, 3.05) is 13.1 Å². The van der Waals surface area contributed by atoms with Gasteiger partial charge in [-0.05, 0) is 55.2 Å². The Kier molecular flexibility index (Phi) is 4.57. The summed E-state index contributed by atoms with van der Waals surface area (Å²) in [5.41, 5.74) is 3.00. The van der Waals surface area contributed by atoms with Crippen LogP contribution < -0.4 is 0 Å². The molecular weight excluding hydrogens is 378 g/mol. The lowest BCUT2D eigenvalue weighted by Gasteiger charge is -2.32. The first kappa shape index (κ1) is 16.3. The number of para-hydroxylation sites is 2. The number of hydrogen-bond donors (Lipinski definition) is 0. The molecule has 1 fully saturated rings. The number of fused-ring (bicyclic) bond motifs is 1. The van der Waals surface area contributed by atoms with Crippen LogP contribution in [0.1, 0.15) is 23.2 Å². The van der Waals surface area contributed by atoms with E-state index in [1.807, 2.05) is 47.6 Å². The molecule has 1 amide bonds. The number of aromatic nitrogens is 2. The molecule has 0 radical (unpaired) electrons. The molecule has 3 aromatic rings. The normalized spacial score (nSPS) is 15.6. The molecule has 1 aliphatic heterocycles. The van der Waals surface area contributed by atoms with E-state index in [4.69, 9.17) is 0 Å². The summed E-state index contributed by atoms with van der Waals surface area (Å²) in [6.07, 6.45) is 4.01. The topological polar surface area (TPSA) is 38.1 Å². The van der Waals surface area contributed by atoms with E-state index >= 15 is 0 Å². The Bertz CT molecular complexity index is 879. The monoisotopic (exact) mass is 397 g/mol. The van der Waals surface area contributed by atoms with E-state index < -0.39 is 0 Å². The molecule has 1 aliphatic rings. The lowest BCUT2D eigenvalue weighted by molar-refractivity contribution is 0.0683. The SMILES string of the molecule is O=C(c1ccc(Br)cc1)N1CCC(Cn2cnc3ccccc32)CC1. The van der Waals surface area contributed by atoms with Gasteiger partial charge in [0.2, 0.25) is 0 Å². The zero-order valence-electron chi connectivity index (χ0n) is 13.9. The molecule has 2 aromatic carbocycles.